The van der Waals surface area contributed by atoms with Crippen LogP contribution in [0.15, 0.2) is 45.6 Å². The summed E-state index contributed by atoms with van der Waals surface area (Å²) in [4.78, 5) is 34.6. The summed E-state index contributed by atoms with van der Waals surface area (Å²) >= 11 is 0. The molecule has 1 atom stereocenters. The van der Waals surface area contributed by atoms with Gasteiger partial charge in [0.15, 0.2) is 0 Å². The van der Waals surface area contributed by atoms with E-state index in [2.05, 4.69) is 0 Å². The Labute approximate surface area is 147 Å². The second-order valence-electron chi connectivity index (χ2n) is 5.84. The van der Waals surface area contributed by atoms with Crippen molar-refractivity contribution >= 4 is 33.9 Å². The molecule has 0 aliphatic carbocycles. The Morgan fingerprint density at radius 2 is 1.88 bits per heavy atom. The van der Waals surface area contributed by atoms with Crippen molar-refractivity contribution in [2.24, 2.45) is 0 Å². The third-order valence-electron chi connectivity index (χ3n) is 3.74. The number of aromatic carboxylic acids is 1. The zero-order valence-corrected chi connectivity index (χ0v) is 14.1. The Hall–Kier alpha value is -3.35. The highest BCUT2D eigenvalue weighted by Gasteiger charge is 2.12. The van der Waals surface area contributed by atoms with Crippen molar-refractivity contribution in [2.75, 3.05) is 6.61 Å². The third kappa shape index (κ3) is 3.51. The summed E-state index contributed by atoms with van der Waals surface area (Å²) in [6.07, 6.45) is -0.425. The van der Waals surface area contributed by atoms with Gasteiger partial charge in [-0.2, -0.15) is 0 Å². The fourth-order valence-corrected chi connectivity index (χ4v) is 2.59. The van der Waals surface area contributed by atoms with Gasteiger partial charge in [0.2, 0.25) is 5.43 Å². The SMILES string of the molecule is CC(=O)OC(C)COc1ccc2oc3cc(C(=O)O)ccc3c(=O)c2c1. The minimum Gasteiger partial charge on any atom is -0.490 e. The first-order valence-electron chi connectivity index (χ1n) is 7.89. The average molecular weight is 356 g/mol. The summed E-state index contributed by atoms with van der Waals surface area (Å²) in [6, 6.07) is 8.86. The van der Waals surface area contributed by atoms with Crippen LogP contribution in [-0.4, -0.2) is 29.8 Å². The Morgan fingerprint density at radius 1 is 1.12 bits per heavy atom. The lowest BCUT2D eigenvalue weighted by atomic mass is 10.1. The van der Waals surface area contributed by atoms with E-state index in [1.54, 1.807) is 25.1 Å². The molecular formula is C19H16O7. The highest BCUT2D eigenvalue weighted by atomic mass is 16.6. The van der Waals surface area contributed by atoms with Crippen LogP contribution in [0.2, 0.25) is 0 Å². The van der Waals surface area contributed by atoms with Crippen LogP contribution in [0.3, 0.4) is 0 Å². The number of carboxylic acids is 1. The standard InChI is InChI=1S/C19H16O7/c1-10(25-11(2)20)9-24-13-4-6-16-15(8-13)18(21)14-5-3-12(19(22)23)7-17(14)26-16/h3-8,10H,9H2,1-2H3,(H,22,23). The first kappa shape index (κ1) is 17.5. The van der Waals surface area contributed by atoms with E-state index < -0.39 is 18.0 Å². The van der Waals surface area contributed by atoms with Crippen molar-refractivity contribution in [3.05, 3.63) is 52.2 Å². The zero-order chi connectivity index (χ0) is 18.8. The Bertz CT molecular complexity index is 1060. The summed E-state index contributed by atoms with van der Waals surface area (Å²) in [6.45, 7) is 3.16. The lowest BCUT2D eigenvalue weighted by Crippen LogP contribution is -2.20. The Kier molecular flexibility index (Phi) is 4.62. The summed E-state index contributed by atoms with van der Waals surface area (Å²) in [7, 11) is 0. The van der Waals surface area contributed by atoms with Gasteiger partial charge in [-0.3, -0.25) is 9.59 Å². The number of hydrogen-bond donors (Lipinski definition) is 1. The highest BCUT2D eigenvalue weighted by molar-refractivity contribution is 5.95. The van der Waals surface area contributed by atoms with Crippen LogP contribution < -0.4 is 10.2 Å². The fourth-order valence-electron chi connectivity index (χ4n) is 2.59. The number of carbonyl (C=O) groups excluding carboxylic acids is 1. The van der Waals surface area contributed by atoms with Crippen molar-refractivity contribution in [1.82, 2.24) is 0 Å². The fraction of sp³-hybridized carbons (Fsp3) is 0.211. The predicted molar refractivity (Wildman–Crippen MR) is 93.7 cm³/mol. The van der Waals surface area contributed by atoms with Gasteiger partial charge in [-0.15, -0.1) is 0 Å². The van der Waals surface area contributed by atoms with E-state index in [-0.39, 0.29) is 28.6 Å². The van der Waals surface area contributed by atoms with Crippen LogP contribution in [0, 0.1) is 0 Å². The monoisotopic (exact) mass is 356 g/mol. The van der Waals surface area contributed by atoms with Crippen molar-refractivity contribution < 1.29 is 28.6 Å². The first-order chi connectivity index (χ1) is 12.3. The first-order valence-corrected chi connectivity index (χ1v) is 7.89. The van der Waals surface area contributed by atoms with Gasteiger partial charge in [0, 0.05) is 6.92 Å². The van der Waals surface area contributed by atoms with Crippen molar-refractivity contribution in [3.63, 3.8) is 0 Å². The lowest BCUT2D eigenvalue weighted by Gasteiger charge is -2.13. The van der Waals surface area contributed by atoms with Gasteiger partial charge in [0.25, 0.3) is 0 Å². The van der Waals surface area contributed by atoms with Gasteiger partial charge in [0.1, 0.15) is 29.6 Å². The molecule has 2 aromatic carbocycles. The molecule has 0 bridgehead atoms. The minimum absolute atomic E-state index is 0.0411. The van der Waals surface area contributed by atoms with E-state index in [0.717, 1.165) is 0 Å². The van der Waals surface area contributed by atoms with Crippen LogP contribution in [0.25, 0.3) is 21.9 Å². The molecule has 0 saturated carbocycles. The van der Waals surface area contributed by atoms with E-state index in [1.165, 1.54) is 25.1 Å². The molecule has 1 unspecified atom stereocenters. The smallest absolute Gasteiger partial charge is 0.335 e. The van der Waals surface area contributed by atoms with E-state index in [0.29, 0.717) is 16.7 Å². The molecular weight excluding hydrogens is 340 g/mol. The van der Waals surface area contributed by atoms with Crippen molar-refractivity contribution in [2.45, 2.75) is 20.0 Å². The number of carbonyl (C=O) groups is 2. The van der Waals surface area contributed by atoms with Crippen LogP contribution in [0.4, 0.5) is 0 Å². The molecule has 3 rings (SSSR count). The maximum atomic E-state index is 12.7. The summed E-state index contributed by atoms with van der Waals surface area (Å²) < 4.78 is 16.2. The molecule has 1 N–H and O–H groups in total. The van der Waals surface area contributed by atoms with Gasteiger partial charge in [0.05, 0.1) is 16.3 Å². The molecule has 0 radical (unpaired) electrons. The number of rotatable bonds is 5. The number of fused-ring (bicyclic) bond motifs is 2. The van der Waals surface area contributed by atoms with Crippen LogP contribution in [-0.2, 0) is 9.53 Å². The van der Waals surface area contributed by atoms with Gasteiger partial charge in [-0.25, -0.2) is 4.79 Å². The van der Waals surface area contributed by atoms with Gasteiger partial charge < -0.3 is 19.0 Å². The molecule has 1 aromatic heterocycles. The number of ether oxygens (including phenoxy) is 2. The largest absolute Gasteiger partial charge is 0.490 e. The van der Waals surface area contributed by atoms with Gasteiger partial charge in [-0.05, 0) is 43.3 Å². The van der Waals surface area contributed by atoms with E-state index in [1.807, 2.05) is 0 Å². The van der Waals surface area contributed by atoms with E-state index >= 15 is 0 Å². The van der Waals surface area contributed by atoms with E-state index in [9.17, 15) is 14.4 Å². The molecule has 0 fully saturated rings. The van der Waals surface area contributed by atoms with Crippen LogP contribution >= 0.6 is 0 Å². The number of hydrogen-bond acceptors (Lipinski definition) is 6. The van der Waals surface area contributed by atoms with Gasteiger partial charge in [-0.1, -0.05) is 0 Å². The molecule has 0 aliphatic heterocycles. The summed E-state index contributed by atoms with van der Waals surface area (Å²) in [5.74, 6) is -1.06. The lowest BCUT2D eigenvalue weighted by molar-refractivity contribution is -0.146. The highest BCUT2D eigenvalue weighted by Crippen LogP contribution is 2.23. The van der Waals surface area contributed by atoms with Crippen LogP contribution in [0.1, 0.15) is 24.2 Å². The second-order valence-corrected chi connectivity index (χ2v) is 5.84. The summed E-state index contributed by atoms with van der Waals surface area (Å²) in [5.41, 5.74) is 0.293. The maximum absolute atomic E-state index is 12.7. The minimum atomic E-state index is -1.10. The molecule has 1 heterocycles. The molecule has 7 nitrogen and oxygen atoms in total. The predicted octanol–water partition coefficient (Wildman–Crippen LogP) is 2.97. The number of esters is 1. The normalized spacial score (nSPS) is 12.1. The quantitative estimate of drug-likeness (QED) is 0.554. The average Bonchev–Trinajstić information content (AvgIpc) is 2.59. The topological polar surface area (TPSA) is 103 Å². The summed E-state index contributed by atoms with van der Waals surface area (Å²) in [5, 5.41) is 9.66. The van der Waals surface area contributed by atoms with Crippen molar-refractivity contribution in [3.8, 4) is 5.75 Å². The van der Waals surface area contributed by atoms with Crippen molar-refractivity contribution in [1.29, 1.82) is 0 Å². The molecule has 0 amide bonds. The molecule has 0 spiro atoms. The molecule has 0 saturated heterocycles. The van der Waals surface area contributed by atoms with E-state index in [4.69, 9.17) is 19.0 Å². The maximum Gasteiger partial charge on any atom is 0.335 e. The molecule has 26 heavy (non-hydrogen) atoms. The molecule has 3 aromatic rings. The number of benzene rings is 2. The number of carboxylic acid groups (broad SMARTS) is 1. The molecule has 134 valence electrons. The second kappa shape index (κ2) is 6.87. The zero-order valence-electron chi connectivity index (χ0n) is 14.1. The molecule has 7 heteroatoms. The Morgan fingerprint density at radius 3 is 2.58 bits per heavy atom. The van der Waals surface area contributed by atoms with Crippen LogP contribution in [0.5, 0.6) is 5.75 Å². The van der Waals surface area contributed by atoms with Gasteiger partial charge >= 0.3 is 11.9 Å². The Balaban J connectivity index is 1.96. The molecule has 0 aliphatic rings. The third-order valence-corrected chi connectivity index (χ3v) is 3.74.